The molecule has 1 aliphatic rings. The van der Waals surface area contributed by atoms with E-state index in [1.807, 2.05) is 20.3 Å². The zero-order chi connectivity index (χ0) is 9.57. The van der Waals surface area contributed by atoms with Gasteiger partial charge >= 0.3 is 5.38 Å². The third kappa shape index (κ3) is 2.33. The molecular weight excluding hydrogens is 205 g/mol. The molecule has 1 fully saturated rings. The zero-order valence-corrected chi connectivity index (χ0v) is 8.26. The van der Waals surface area contributed by atoms with Gasteiger partial charge in [0.05, 0.1) is 5.03 Å². The summed E-state index contributed by atoms with van der Waals surface area (Å²) in [6.07, 6.45) is 3.23. The molecule has 0 spiro atoms. The van der Waals surface area contributed by atoms with Gasteiger partial charge in [0.2, 0.25) is 0 Å². The van der Waals surface area contributed by atoms with Crippen LogP contribution >= 0.6 is 23.2 Å². The van der Waals surface area contributed by atoms with Gasteiger partial charge in [0.15, 0.2) is 0 Å². The van der Waals surface area contributed by atoms with Gasteiger partial charge in [-0.15, -0.1) is 0 Å². The van der Waals surface area contributed by atoms with E-state index >= 15 is 0 Å². The lowest BCUT2D eigenvalue weighted by molar-refractivity contribution is 0.147. The smallest absolute Gasteiger partial charge is 0.182 e. The average molecular weight is 214 g/mol. The molecule has 69 valence electrons. The predicted molar refractivity (Wildman–Crippen MR) is 46.3 cm³/mol. The van der Waals surface area contributed by atoms with Crippen LogP contribution in [0.25, 0.3) is 0 Å². The van der Waals surface area contributed by atoms with Crippen LogP contribution in [0, 0.1) is 17.8 Å². The summed E-state index contributed by atoms with van der Waals surface area (Å²) in [6, 6.07) is 0. The number of rotatable bonds is 2. The molecule has 0 aromatic carbocycles. The monoisotopic (exact) mass is 213 g/mol. The first-order valence-electron chi connectivity index (χ1n) is 3.54. The second-order valence-electron chi connectivity index (χ2n) is 3.53. The lowest BCUT2D eigenvalue weighted by Gasteiger charge is -2.05. The molecule has 1 saturated carbocycles. The van der Waals surface area contributed by atoms with E-state index in [0.717, 1.165) is 0 Å². The van der Waals surface area contributed by atoms with Crippen molar-refractivity contribution < 1.29 is 8.78 Å². The molecule has 1 aliphatic carbocycles. The summed E-state index contributed by atoms with van der Waals surface area (Å²) in [7, 11) is 0. The number of halogens is 4. The molecular formula is C8H9Cl2F2. The van der Waals surface area contributed by atoms with Crippen LogP contribution in [0.3, 0.4) is 0 Å². The van der Waals surface area contributed by atoms with Crippen molar-refractivity contribution in [1.29, 1.82) is 0 Å². The highest BCUT2D eigenvalue weighted by molar-refractivity contribution is 6.38. The minimum Gasteiger partial charge on any atom is -0.182 e. The van der Waals surface area contributed by atoms with E-state index in [9.17, 15) is 8.78 Å². The molecule has 12 heavy (non-hydrogen) atoms. The molecule has 1 atom stereocenters. The van der Waals surface area contributed by atoms with E-state index in [-0.39, 0.29) is 11.3 Å². The Morgan fingerprint density at radius 3 is 2.25 bits per heavy atom. The van der Waals surface area contributed by atoms with Crippen molar-refractivity contribution in [3.63, 3.8) is 0 Å². The first kappa shape index (κ1) is 10.3. The fourth-order valence-corrected chi connectivity index (χ4v) is 1.13. The summed E-state index contributed by atoms with van der Waals surface area (Å²) in [4.78, 5) is 0. The SMILES string of the molecule is CC1(C)[CH]C1/C=C(\Cl)C(F)(F)Cl. The van der Waals surface area contributed by atoms with Crippen molar-refractivity contribution in [2.75, 3.05) is 0 Å². The Bertz CT molecular complexity index is 216. The maximum atomic E-state index is 12.3. The quantitative estimate of drug-likeness (QED) is 0.613. The highest BCUT2D eigenvalue weighted by atomic mass is 35.5. The minimum atomic E-state index is -3.42. The van der Waals surface area contributed by atoms with Crippen molar-refractivity contribution in [1.82, 2.24) is 0 Å². The third-order valence-corrected chi connectivity index (χ3v) is 2.62. The average Bonchev–Trinajstić information content (AvgIpc) is 2.36. The van der Waals surface area contributed by atoms with E-state index in [0.29, 0.717) is 0 Å². The minimum absolute atomic E-state index is 0.0116. The molecule has 4 heteroatoms. The second kappa shape index (κ2) is 2.85. The number of alkyl halides is 3. The van der Waals surface area contributed by atoms with Gasteiger partial charge in [-0.05, 0) is 29.4 Å². The zero-order valence-electron chi connectivity index (χ0n) is 6.74. The van der Waals surface area contributed by atoms with E-state index in [1.54, 1.807) is 0 Å². The Morgan fingerprint density at radius 2 is 2.00 bits per heavy atom. The van der Waals surface area contributed by atoms with Crippen LogP contribution < -0.4 is 0 Å². The molecule has 1 unspecified atom stereocenters. The largest absolute Gasteiger partial charge is 0.358 e. The maximum absolute atomic E-state index is 12.3. The van der Waals surface area contributed by atoms with E-state index in [1.165, 1.54) is 6.08 Å². The molecule has 1 rings (SSSR count). The number of allylic oxidation sites excluding steroid dienone is 2. The maximum Gasteiger partial charge on any atom is 0.358 e. The molecule has 0 bridgehead atoms. The Morgan fingerprint density at radius 1 is 1.58 bits per heavy atom. The summed E-state index contributed by atoms with van der Waals surface area (Å²) in [5.41, 5.74) is -0.0116. The van der Waals surface area contributed by atoms with Crippen LogP contribution in [0.1, 0.15) is 13.8 Å². The van der Waals surface area contributed by atoms with Crippen LogP contribution in [0.4, 0.5) is 8.78 Å². The van der Waals surface area contributed by atoms with Gasteiger partial charge in [0.25, 0.3) is 0 Å². The highest BCUT2D eigenvalue weighted by Gasteiger charge is 2.46. The Kier molecular flexibility index (Phi) is 2.43. The Balaban J connectivity index is 2.60. The van der Waals surface area contributed by atoms with Crippen molar-refractivity contribution in [3.8, 4) is 0 Å². The molecule has 0 saturated heterocycles. The van der Waals surface area contributed by atoms with Crippen LogP contribution in [0.5, 0.6) is 0 Å². The summed E-state index contributed by atoms with van der Waals surface area (Å²) in [5.74, 6) is 0.0228. The molecule has 0 aromatic heterocycles. The van der Waals surface area contributed by atoms with Crippen LogP contribution in [-0.4, -0.2) is 5.38 Å². The van der Waals surface area contributed by atoms with Gasteiger partial charge in [-0.25, -0.2) is 0 Å². The van der Waals surface area contributed by atoms with E-state index in [2.05, 4.69) is 0 Å². The number of hydrogen-bond acceptors (Lipinski definition) is 0. The van der Waals surface area contributed by atoms with Crippen LogP contribution in [-0.2, 0) is 0 Å². The van der Waals surface area contributed by atoms with Gasteiger partial charge in [0.1, 0.15) is 0 Å². The predicted octanol–water partition coefficient (Wildman–Crippen LogP) is 3.80. The van der Waals surface area contributed by atoms with Gasteiger partial charge in [0, 0.05) is 0 Å². The van der Waals surface area contributed by atoms with Crippen molar-refractivity contribution >= 4 is 23.2 Å². The van der Waals surface area contributed by atoms with Crippen LogP contribution in [0.15, 0.2) is 11.1 Å². The second-order valence-corrected chi connectivity index (χ2v) is 4.41. The molecule has 0 amide bonds. The van der Waals surface area contributed by atoms with Gasteiger partial charge in [-0.2, -0.15) is 8.78 Å². The van der Waals surface area contributed by atoms with Gasteiger partial charge < -0.3 is 0 Å². The summed E-state index contributed by atoms with van der Waals surface area (Å²) in [6.45, 7) is 3.90. The van der Waals surface area contributed by atoms with Crippen molar-refractivity contribution in [2.45, 2.75) is 19.2 Å². The first-order valence-corrected chi connectivity index (χ1v) is 4.29. The molecule has 1 radical (unpaired) electrons. The fourth-order valence-electron chi connectivity index (χ4n) is 0.930. The molecule has 0 aliphatic heterocycles. The Hall–Kier alpha value is 0.180. The summed E-state index contributed by atoms with van der Waals surface area (Å²) < 4.78 is 24.6. The summed E-state index contributed by atoms with van der Waals surface area (Å²) in [5, 5.41) is -4.01. The highest BCUT2D eigenvalue weighted by Crippen LogP contribution is 2.52. The lowest BCUT2D eigenvalue weighted by atomic mass is 10.1. The lowest BCUT2D eigenvalue weighted by Crippen LogP contribution is -2.05. The van der Waals surface area contributed by atoms with Crippen molar-refractivity contribution in [3.05, 3.63) is 17.5 Å². The van der Waals surface area contributed by atoms with Crippen molar-refractivity contribution in [2.24, 2.45) is 11.3 Å². The van der Waals surface area contributed by atoms with Crippen LogP contribution in [0.2, 0.25) is 0 Å². The van der Waals surface area contributed by atoms with E-state index < -0.39 is 10.4 Å². The molecule has 0 nitrogen and oxygen atoms in total. The topological polar surface area (TPSA) is 0 Å². The summed E-state index contributed by atoms with van der Waals surface area (Å²) >= 11 is 9.98. The van der Waals surface area contributed by atoms with Gasteiger partial charge in [-0.1, -0.05) is 31.5 Å². The first-order chi connectivity index (χ1) is 5.23. The molecule has 0 aromatic rings. The van der Waals surface area contributed by atoms with E-state index in [4.69, 9.17) is 23.2 Å². The third-order valence-electron chi connectivity index (χ3n) is 1.96. The Labute approximate surface area is 80.5 Å². The number of hydrogen-bond donors (Lipinski definition) is 0. The molecule has 0 heterocycles. The van der Waals surface area contributed by atoms with Gasteiger partial charge in [-0.3, -0.25) is 0 Å². The standard InChI is InChI=1S/C8H9Cl2F2/c1-7(2)4-5(7)3-6(9)8(10,11)12/h3-5H,1-2H3/b6-3-. The fraction of sp³-hybridized carbons (Fsp3) is 0.625. The normalized spacial score (nSPS) is 28.8. The molecule has 0 N–H and O–H groups in total.